The Balaban J connectivity index is 1.58. The van der Waals surface area contributed by atoms with Gasteiger partial charge in [-0.3, -0.25) is 0 Å². The van der Waals surface area contributed by atoms with E-state index in [0.29, 0.717) is 31.8 Å². The Morgan fingerprint density at radius 1 is 1.26 bits per heavy atom. The maximum Gasteiger partial charge on any atom is 0.113 e. The Morgan fingerprint density at radius 2 is 2.00 bits per heavy atom. The highest BCUT2D eigenvalue weighted by molar-refractivity contribution is 5.15. The van der Waals surface area contributed by atoms with Crippen LogP contribution in [0.2, 0.25) is 0 Å². The van der Waals surface area contributed by atoms with E-state index in [1.165, 1.54) is 0 Å². The van der Waals surface area contributed by atoms with Gasteiger partial charge in [0.25, 0.3) is 0 Å². The second-order valence-electron chi connectivity index (χ2n) is 9.07. The minimum Gasteiger partial charge on any atom is -0.492 e. The van der Waals surface area contributed by atoms with Crippen LogP contribution in [0.25, 0.3) is 0 Å². The molecule has 0 aromatic heterocycles. The zero-order chi connectivity index (χ0) is 19.5. The number of hydrogen-bond acceptors (Lipinski definition) is 2. The molecule has 1 aliphatic carbocycles. The van der Waals surface area contributed by atoms with E-state index in [1.807, 2.05) is 25.1 Å². The molecule has 1 saturated heterocycles. The molecule has 1 N–H and O–H groups in total. The lowest BCUT2D eigenvalue weighted by molar-refractivity contribution is -0.0362. The molecule has 0 spiro atoms. The van der Waals surface area contributed by atoms with E-state index in [4.69, 9.17) is 4.74 Å². The lowest BCUT2D eigenvalue weighted by Gasteiger charge is -2.52. The van der Waals surface area contributed by atoms with E-state index in [0.717, 1.165) is 42.7 Å². The normalized spacial score (nSPS) is 33.1. The Morgan fingerprint density at radius 3 is 2.70 bits per heavy atom. The number of nitrogens with one attached hydrogen (secondary N) is 1. The lowest BCUT2D eigenvalue weighted by atomic mass is 9.59. The molecule has 1 aromatic carbocycles. The van der Waals surface area contributed by atoms with Gasteiger partial charge in [-0.15, -0.1) is 6.58 Å². The third kappa shape index (κ3) is 5.01. The quantitative estimate of drug-likeness (QED) is 0.472. The van der Waals surface area contributed by atoms with E-state index in [9.17, 15) is 0 Å². The third-order valence-electron chi connectivity index (χ3n) is 6.67. The van der Waals surface area contributed by atoms with Gasteiger partial charge in [-0.05, 0) is 62.3 Å². The first kappa shape index (κ1) is 20.1. The number of allylic oxidation sites excluding steroid dienone is 1. The molecule has 0 bridgehead atoms. The Bertz CT molecular complexity index is 672. The molecule has 4 atom stereocenters. The van der Waals surface area contributed by atoms with Crippen LogP contribution >= 0.6 is 0 Å². The van der Waals surface area contributed by atoms with E-state index >= 15 is 4.39 Å². The Kier molecular flexibility index (Phi) is 6.10. The van der Waals surface area contributed by atoms with Gasteiger partial charge >= 0.3 is 0 Å². The fraction of sp³-hybridized carbons (Fsp3) is 0.583. The zero-order valence-corrected chi connectivity index (χ0v) is 16.9. The molecule has 27 heavy (non-hydrogen) atoms. The molecule has 2 fully saturated rings. The predicted octanol–water partition coefficient (Wildman–Crippen LogP) is 5.95. The molecule has 0 radical (unpaired) electrons. The Hall–Kier alpha value is -1.61. The predicted molar refractivity (Wildman–Crippen MR) is 110 cm³/mol. The van der Waals surface area contributed by atoms with Crippen LogP contribution in [-0.2, 0) is 11.3 Å². The van der Waals surface area contributed by atoms with Gasteiger partial charge in [0.2, 0.25) is 0 Å². The fourth-order valence-electron chi connectivity index (χ4n) is 4.59. The lowest BCUT2D eigenvalue weighted by Crippen LogP contribution is -2.55. The third-order valence-corrected chi connectivity index (χ3v) is 6.67. The first-order valence-electron chi connectivity index (χ1n) is 10.2. The van der Waals surface area contributed by atoms with Crippen molar-refractivity contribution in [2.75, 3.05) is 6.54 Å². The number of benzene rings is 1. The van der Waals surface area contributed by atoms with Crippen LogP contribution in [0.4, 0.5) is 4.39 Å². The van der Waals surface area contributed by atoms with E-state index in [2.05, 4.69) is 37.5 Å². The topological polar surface area (TPSA) is 21.3 Å². The van der Waals surface area contributed by atoms with Crippen LogP contribution in [0.5, 0.6) is 0 Å². The number of ether oxygens (including phenoxy) is 1. The molecule has 3 unspecified atom stereocenters. The van der Waals surface area contributed by atoms with Crippen LogP contribution in [0.3, 0.4) is 0 Å². The zero-order valence-electron chi connectivity index (χ0n) is 16.9. The highest BCUT2D eigenvalue weighted by Gasteiger charge is 2.49. The molecule has 1 saturated carbocycles. The molecule has 1 heterocycles. The molecule has 3 rings (SSSR count). The SMILES string of the molecule is C=C(C)CC[C@@]1(F)CCC2(C)CNC(C(=C)OCc3ccccc3)CC2C1. The van der Waals surface area contributed by atoms with Crippen molar-refractivity contribution in [3.05, 3.63) is 60.4 Å². The number of fused-ring (bicyclic) bond motifs is 1. The number of rotatable bonds is 7. The summed E-state index contributed by atoms with van der Waals surface area (Å²) in [4.78, 5) is 0. The summed E-state index contributed by atoms with van der Waals surface area (Å²) in [5, 5.41) is 3.61. The van der Waals surface area contributed by atoms with Crippen molar-refractivity contribution >= 4 is 0 Å². The van der Waals surface area contributed by atoms with Gasteiger partial charge < -0.3 is 10.1 Å². The monoisotopic (exact) mass is 371 g/mol. The average molecular weight is 372 g/mol. The first-order chi connectivity index (χ1) is 12.8. The van der Waals surface area contributed by atoms with Gasteiger partial charge in [-0.25, -0.2) is 4.39 Å². The molecule has 3 heteroatoms. The molecule has 1 aliphatic heterocycles. The van der Waals surface area contributed by atoms with Crippen LogP contribution in [0.1, 0.15) is 57.9 Å². The molecular formula is C24H34FNO. The van der Waals surface area contributed by atoms with Gasteiger partial charge in [-0.2, -0.15) is 0 Å². The van der Waals surface area contributed by atoms with E-state index in [-0.39, 0.29) is 11.5 Å². The number of alkyl halides is 1. The summed E-state index contributed by atoms with van der Waals surface area (Å²) in [6.45, 7) is 13.8. The second-order valence-corrected chi connectivity index (χ2v) is 9.07. The summed E-state index contributed by atoms with van der Waals surface area (Å²) in [5.41, 5.74) is 1.34. The summed E-state index contributed by atoms with van der Waals surface area (Å²) in [5.74, 6) is 1.14. The highest BCUT2D eigenvalue weighted by atomic mass is 19.1. The van der Waals surface area contributed by atoms with Crippen molar-refractivity contribution in [2.24, 2.45) is 11.3 Å². The molecule has 1 aromatic rings. The van der Waals surface area contributed by atoms with Crippen LogP contribution < -0.4 is 5.32 Å². The van der Waals surface area contributed by atoms with Crippen molar-refractivity contribution in [3.8, 4) is 0 Å². The minimum atomic E-state index is -1.04. The number of piperidine rings is 1. The van der Waals surface area contributed by atoms with Gasteiger partial charge in [0.05, 0.1) is 6.04 Å². The Labute approximate surface area is 163 Å². The van der Waals surface area contributed by atoms with Gasteiger partial charge in [0.1, 0.15) is 18.0 Å². The molecule has 2 aliphatic rings. The van der Waals surface area contributed by atoms with Crippen molar-refractivity contribution in [3.63, 3.8) is 0 Å². The fourth-order valence-corrected chi connectivity index (χ4v) is 4.59. The van der Waals surface area contributed by atoms with E-state index < -0.39 is 5.67 Å². The van der Waals surface area contributed by atoms with Crippen LogP contribution in [-0.4, -0.2) is 18.3 Å². The van der Waals surface area contributed by atoms with Gasteiger partial charge in [0, 0.05) is 6.54 Å². The average Bonchev–Trinajstić information content (AvgIpc) is 2.66. The summed E-state index contributed by atoms with van der Waals surface area (Å²) < 4.78 is 21.4. The highest BCUT2D eigenvalue weighted by Crippen LogP contribution is 2.52. The van der Waals surface area contributed by atoms with E-state index in [1.54, 1.807) is 0 Å². The first-order valence-corrected chi connectivity index (χ1v) is 10.2. The summed E-state index contributed by atoms with van der Waals surface area (Å²) in [6.07, 6.45) is 4.57. The summed E-state index contributed by atoms with van der Waals surface area (Å²) in [7, 11) is 0. The molecular weight excluding hydrogens is 337 g/mol. The van der Waals surface area contributed by atoms with Crippen molar-refractivity contribution in [1.82, 2.24) is 5.32 Å². The largest absolute Gasteiger partial charge is 0.492 e. The minimum absolute atomic E-state index is 0.107. The van der Waals surface area contributed by atoms with Crippen molar-refractivity contribution in [2.45, 2.75) is 70.7 Å². The van der Waals surface area contributed by atoms with Crippen LogP contribution in [0, 0.1) is 11.3 Å². The standard InChI is InChI=1S/C24H34FNO/c1-18(2)10-11-24(25)13-12-23(4)17-26-22(14-21(23)15-24)19(3)27-16-20-8-6-5-7-9-20/h5-9,21-22,26H,1,3,10-17H2,2,4H3/t21?,22?,23?,24-/m1/s1. The molecule has 0 amide bonds. The van der Waals surface area contributed by atoms with Crippen LogP contribution in [0.15, 0.2) is 54.8 Å². The smallest absolute Gasteiger partial charge is 0.113 e. The summed E-state index contributed by atoms with van der Waals surface area (Å²) in [6, 6.07) is 10.2. The van der Waals surface area contributed by atoms with Gasteiger partial charge in [-0.1, -0.05) is 49.4 Å². The number of halogens is 1. The summed E-state index contributed by atoms with van der Waals surface area (Å²) >= 11 is 0. The molecule has 148 valence electrons. The number of hydrogen-bond donors (Lipinski definition) is 1. The van der Waals surface area contributed by atoms with Crippen molar-refractivity contribution in [1.29, 1.82) is 0 Å². The van der Waals surface area contributed by atoms with Gasteiger partial charge in [0.15, 0.2) is 0 Å². The maximum absolute atomic E-state index is 15.5. The molecule has 2 nitrogen and oxygen atoms in total. The second kappa shape index (κ2) is 8.18. The van der Waals surface area contributed by atoms with Crippen molar-refractivity contribution < 1.29 is 9.13 Å². The maximum atomic E-state index is 15.5.